The topological polar surface area (TPSA) is 56.3 Å². The molecule has 0 spiro atoms. The van der Waals surface area contributed by atoms with Crippen LogP contribution in [0.15, 0.2) is 54.6 Å². The van der Waals surface area contributed by atoms with E-state index in [0.717, 1.165) is 38.8 Å². The average Bonchev–Trinajstić information content (AvgIpc) is 3.27. The Bertz CT molecular complexity index is 1110. The van der Waals surface area contributed by atoms with Crippen molar-refractivity contribution in [1.29, 1.82) is 0 Å². The molecule has 4 aromatic rings. The van der Waals surface area contributed by atoms with Crippen molar-refractivity contribution in [3.8, 4) is 22.9 Å². The van der Waals surface area contributed by atoms with Crippen LogP contribution in [-0.4, -0.2) is 16.8 Å². The summed E-state index contributed by atoms with van der Waals surface area (Å²) in [7, 11) is 0. The summed E-state index contributed by atoms with van der Waals surface area (Å²) in [6.45, 7) is 2.34. The summed E-state index contributed by atoms with van der Waals surface area (Å²) in [4.78, 5) is 11.7. The van der Waals surface area contributed by atoms with E-state index >= 15 is 0 Å². The molecular formula is C20H15N3O2S. The van der Waals surface area contributed by atoms with Crippen molar-refractivity contribution in [2.24, 2.45) is 0 Å². The highest BCUT2D eigenvalue weighted by Gasteiger charge is 2.16. The molecular weight excluding hydrogens is 346 g/mol. The van der Waals surface area contributed by atoms with Crippen LogP contribution >= 0.6 is 11.3 Å². The first-order valence-corrected chi connectivity index (χ1v) is 9.08. The lowest BCUT2D eigenvalue weighted by atomic mass is 10.2. The fraction of sp³-hybridized carbons (Fsp3) is 0.100. The summed E-state index contributed by atoms with van der Waals surface area (Å²) in [5.41, 5.74) is 1.89. The van der Waals surface area contributed by atoms with Crippen LogP contribution in [0.2, 0.25) is 0 Å². The van der Waals surface area contributed by atoms with E-state index in [1.807, 2.05) is 48.5 Å². The van der Waals surface area contributed by atoms with Crippen LogP contribution in [0.5, 0.6) is 11.5 Å². The van der Waals surface area contributed by atoms with E-state index in [1.54, 1.807) is 11.3 Å². The zero-order valence-corrected chi connectivity index (χ0v) is 14.8. The third-order valence-electron chi connectivity index (χ3n) is 4.18. The van der Waals surface area contributed by atoms with Gasteiger partial charge in [-0.1, -0.05) is 30.3 Å². The fourth-order valence-corrected chi connectivity index (χ4v) is 3.84. The Labute approximate surface area is 154 Å². The van der Waals surface area contributed by atoms with E-state index in [-0.39, 0.29) is 6.79 Å². The summed E-state index contributed by atoms with van der Waals surface area (Å²) in [6, 6.07) is 17.9. The number of benzene rings is 2. The van der Waals surface area contributed by atoms with E-state index in [1.165, 1.54) is 4.88 Å². The minimum absolute atomic E-state index is 0.262. The van der Waals surface area contributed by atoms with Gasteiger partial charge in [0.1, 0.15) is 10.6 Å². The van der Waals surface area contributed by atoms with Crippen molar-refractivity contribution in [2.75, 3.05) is 12.1 Å². The van der Waals surface area contributed by atoms with Gasteiger partial charge in [0.05, 0.1) is 5.39 Å². The molecule has 0 radical (unpaired) electrons. The molecule has 26 heavy (non-hydrogen) atoms. The number of hydrogen-bond acceptors (Lipinski definition) is 6. The van der Waals surface area contributed by atoms with E-state index in [0.29, 0.717) is 5.82 Å². The van der Waals surface area contributed by atoms with Crippen LogP contribution in [0.25, 0.3) is 21.6 Å². The molecule has 0 saturated heterocycles. The largest absolute Gasteiger partial charge is 0.454 e. The van der Waals surface area contributed by atoms with Gasteiger partial charge in [0, 0.05) is 22.2 Å². The van der Waals surface area contributed by atoms with Crippen molar-refractivity contribution < 1.29 is 9.47 Å². The number of aryl methyl sites for hydroxylation is 1. The van der Waals surface area contributed by atoms with Gasteiger partial charge in [-0.3, -0.25) is 0 Å². The van der Waals surface area contributed by atoms with Crippen LogP contribution in [0.3, 0.4) is 0 Å². The normalized spacial score (nSPS) is 12.5. The Hall–Kier alpha value is -3.12. The number of rotatable bonds is 3. The number of anilines is 2. The predicted octanol–water partition coefficient (Wildman–Crippen LogP) is 5.14. The number of thiophene rings is 1. The Morgan fingerprint density at radius 2 is 1.81 bits per heavy atom. The van der Waals surface area contributed by atoms with Crippen LogP contribution in [0.1, 0.15) is 4.88 Å². The monoisotopic (exact) mass is 361 g/mol. The molecule has 6 heteroatoms. The smallest absolute Gasteiger partial charge is 0.231 e. The zero-order chi connectivity index (χ0) is 17.5. The van der Waals surface area contributed by atoms with E-state index in [2.05, 4.69) is 18.3 Å². The fourth-order valence-electron chi connectivity index (χ4n) is 2.96. The SMILES string of the molecule is Cc1cc2c(Nc3ccc4c(c3)OCO4)nc(-c3ccccc3)nc2s1. The molecule has 0 aliphatic carbocycles. The molecule has 0 atom stereocenters. The van der Waals surface area contributed by atoms with Gasteiger partial charge in [0.2, 0.25) is 6.79 Å². The Balaban J connectivity index is 1.61. The maximum Gasteiger partial charge on any atom is 0.231 e. The molecule has 5 rings (SSSR count). The highest BCUT2D eigenvalue weighted by atomic mass is 32.1. The molecule has 128 valence electrons. The van der Waals surface area contributed by atoms with Gasteiger partial charge in [0.25, 0.3) is 0 Å². The first-order chi connectivity index (χ1) is 12.8. The van der Waals surface area contributed by atoms with Crippen molar-refractivity contribution in [3.05, 3.63) is 59.5 Å². The van der Waals surface area contributed by atoms with Crippen LogP contribution in [0, 0.1) is 6.92 Å². The minimum Gasteiger partial charge on any atom is -0.454 e. The summed E-state index contributed by atoms with van der Waals surface area (Å²) < 4.78 is 10.8. The van der Waals surface area contributed by atoms with Crippen LogP contribution in [-0.2, 0) is 0 Å². The van der Waals surface area contributed by atoms with E-state index < -0.39 is 0 Å². The minimum atomic E-state index is 0.262. The van der Waals surface area contributed by atoms with Gasteiger partial charge in [-0.15, -0.1) is 11.3 Å². The summed E-state index contributed by atoms with van der Waals surface area (Å²) in [5.74, 6) is 3.00. The number of ether oxygens (including phenoxy) is 2. The van der Waals surface area contributed by atoms with Gasteiger partial charge < -0.3 is 14.8 Å². The van der Waals surface area contributed by atoms with Gasteiger partial charge in [0.15, 0.2) is 17.3 Å². The predicted molar refractivity (Wildman–Crippen MR) is 103 cm³/mol. The molecule has 5 nitrogen and oxygen atoms in total. The molecule has 3 heterocycles. The molecule has 1 aliphatic heterocycles. The highest BCUT2D eigenvalue weighted by Crippen LogP contribution is 2.37. The third-order valence-corrected chi connectivity index (χ3v) is 5.13. The van der Waals surface area contributed by atoms with E-state index in [9.17, 15) is 0 Å². The number of fused-ring (bicyclic) bond motifs is 2. The van der Waals surface area contributed by atoms with Gasteiger partial charge in [-0.25, -0.2) is 9.97 Å². The molecule has 2 aromatic heterocycles. The molecule has 0 saturated carbocycles. The average molecular weight is 361 g/mol. The molecule has 0 fully saturated rings. The molecule has 1 aliphatic rings. The first kappa shape index (κ1) is 15.2. The van der Waals surface area contributed by atoms with Crippen molar-refractivity contribution in [1.82, 2.24) is 9.97 Å². The van der Waals surface area contributed by atoms with Gasteiger partial charge in [-0.05, 0) is 25.1 Å². The van der Waals surface area contributed by atoms with Crippen molar-refractivity contribution in [3.63, 3.8) is 0 Å². The third kappa shape index (κ3) is 2.64. The Kier molecular flexibility index (Phi) is 3.50. The molecule has 0 unspecified atom stereocenters. The molecule has 2 aromatic carbocycles. The van der Waals surface area contributed by atoms with E-state index in [4.69, 9.17) is 19.4 Å². The Morgan fingerprint density at radius 3 is 2.69 bits per heavy atom. The standard InChI is InChI=1S/C20H15N3O2S/c1-12-9-15-19(21-14-7-8-16-17(10-14)25-11-24-16)22-18(23-20(15)26-12)13-5-3-2-4-6-13/h2-10H,11H2,1H3,(H,21,22,23). The lowest BCUT2D eigenvalue weighted by Gasteiger charge is -2.09. The second-order valence-corrected chi connectivity index (χ2v) is 7.27. The second kappa shape index (κ2) is 6.00. The van der Waals surface area contributed by atoms with Crippen LogP contribution in [0.4, 0.5) is 11.5 Å². The molecule has 1 N–H and O–H groups in total. The summed E-state index contributed by atoms with van der Waals surface area (Å²) in [6.07, 6.45) is 0. The summed E-state index contributed by atoms with van der Waals surface area (Å²) >= 11 is 1.67. The number of nitrogens with zero attached hydrogens (tertiary/aromatic N) is 2. The number of nitrogens with one attached hydrogen (secondary N) is 1. The van der Waals surface area contributed by atoms with Gasteiger partial charge in [-0.2, -0.15) is 0 Å². The maximum absolute atomic E-state index is 5.47. The van der Waals surface area contributed by atoms with Gasteiger partial charge >= 0.3 is 0 Å². The molecule has 0 bridgehead atoms. The second-order valence-electron chi connectivity index (χ2n) is 6.03. The van der Waals surface area contributed by atoms with Crippen molar-refractivity contribution >= 4 is 33.1 Å². The Morgan fingerprint density at radius 1 is 0.962 bits per heavy atom. The number of aromatic nitrogens is 2. The lowest BCUT2D eigenvalue weighted by molar-refractivity contribution is 0.174. The zero-order valence-electron chi connectivity index (χ0n) is 14.0. The maximum atomic E-state index is 5.47. The number of hydrogen-bond donors (Lipinski definition) is 1. The lowest BCUT2D eigenvalue weighted by Crippen LogP contribution is -1.98. The summed E-state index contributed by atoms with van der Waals surface area (Å²) in [5, 5.41) is 4.44. The molecule has 0 amide bonds. The quantitative estimate of drug-likeness (QED) is 0.548. The van der Waals surface area contributed by atoms with Crippen molar-refractivity contribution in [2.45, 2.75) is 6.92 Å². The highest BCUT2D eigenvalue weighted by molar-refractivity contribution is 7.18. The first-order valence-electron chi connectivity index (χ1n) is 8.26. The van der Waals surface area contributed by atoms with Crippen LogP contribution < -0.4 is 14.8 Å².